The lowest BCUT2D eigenvalue weighted by atomic mass is 9.78. The first-order valence-electron chi connectivity index (χ1n) is 7.53. The molecule has 0 saturated carbocycles. The van der Waals surface area contributed by atoms with E-state index in [0.717, 1.165) is 49.2 Å². The van der Waals surface area contributed by atoms with Gasteiger partial charge >= 0.3 is 0 Å². The fourth-order valence-electron chi connectivity index (χ4n) is 3.54. The van der Waals surface area contributed by atoms with Crippen LogP contribution in [0.2, 0.25) is 0 Å². The van der Waals surface area contributed by atoms with Gasteiger partial charge in [0.1, 0.15) is 0 Å². The summed E-state index contributed by atoms with van der Waals surface area (Å²) in [4.78, 5) is 23.4. The molecule has 2 aromatic rings. The summed E-state index contributed by atoms with van der Waals surface area (Å²) in [6.45, 7) is 3.21. The molecule has 1 N–H and O–H groups in total. The molecule has 1 unspecified atom stereocenters. The second kappa shape index (κ2) is 6.18. The van der Waals surface area contributed by atoms with E-state index >= 15 is 0 Å². The predicted molar refractivity (Wildman–Crippen MR) is 88.1 cm³/mol. The Morgan fingerprint density at radius 1 is 1.14 bits per heavy atom. The van der Waals surface area contributed by atoms with Gasteiger partial charge in [-0.3, -0.25) is 14.8 Å². The maximum atomic E-state index is 12.5. The largest absolute Gasteiger partial charge is 0.326 e. The molecule has 6 heteroatoms. The number of halogens is 1. The number of nitrogens with one attached hydrogen (secondary N) is 1. The zero-order valence-corrected chi connectivity index (χ0v) is 13.1. The number of carbonyl (C=O) groups excluding carboxylic acids is 1. The quantitative estimate of drug-likeness (QED) is 0.923. The third kappa shape index (κ3) is 2.78. The third-order valence-corrected chi connectivity index (χ3v) is 4.73. The molecular formula is C16H19ClN4O. The van der Waals surface area contributed by atoms with Gasteiger partial charge in [0.25, 0.3) is 0 Å². The van der Waals surface area contributed by atoms with E-state index in [9.17, 15) is 4.79 Å². The van der Waals surface area contributed by atoms with Crippen molar-refractivity contribution in [3.05, 3.63) is 30.6 Å². The fraction of sp³-hybridized carbons (Fsp3) is 0.438. The molecule has 1 atom stereocenters. The molecule has 5 rings (SSSR count). The van der Waals surface area contributed by atoms with Gasteiger partial charge in [0.05, 0.1) is 17.0 Å². The van der Waals surface area contributed by atoms with Crippen LogP contribution in [0.25, 0.3) is 11.0 Å². The average Bonchev–Trinajstić information content (AvgIpc) is 2.56. The van der Waals surface area contributed by atoms with Crippen LogP contribution in [0, 0.1) is 11.8 Å². The van der Waals surface area contributed by atoms with Gasteiger partial charge in [-0.1, -0.05) is 0 Å². The standard InChI is InChI=1S/C16H18N4O.ClH/c21-16(13-10-20-7-3-11(13)4-8-20)19-12-1-2-14-15(9-12)18-6-5-17-14;/h1-2,5-6,9,11,13H,3-4,7-8,10H2,(H,19,21);1H. The highest BCUT2D eigenvalue weighted by atomic mass is 35.5. The number of hydrogen-bond donors (Lipinski definition) is 1. The maximum absolute atomic E-state index is 12.5. The molecule has 4 heterocycles. The number of hydrogen-bond acceptors (Lipinski definition) is 4. The van der Waals surface area contributed by atoms with Gasteiger partial charge in [-0.25, -0.2) is 0 Å². The monoisotopic (exact) mass is 318 g/mol. The van der Waals surface area contributed by atoms with Crippen molar-refractivity contribution in [1.82, 2.24) is 14.9 Å². The lowest BCUT2D eigenvalue weighted by Crippen LogP contribution is -2.51. The second-order valence-electron chi connectivity index (χ2n) is 5.99. The molecule has 116 valence electrons. The van der Waals surface area contributed by atoms with Gasteiger partial charge in [0.15, 0.2) is 0 Å². The Balaban J connectivity index is 0.00000144. The molecule has 22 heavy (non-hydrogen) atoms. The minimum absolute atomic E-state index is 0. The van der Waals surface area contributed by atoms with Crippen LogP contribution in [0.4, 0.5) is 5.69 Å². The first-order valence-corrected chi connectivity index (χ1v) is 7.53. The summed E-state index contributed by atoms with van der Waals surface area (Å²) in [5.74, 6) is 0.827. The topological polar surface area (TPSA) is 58.1 Å². The lowest BCUT2D eigenvalue weighted by molar-refractivity contribution is -0.125. The van der Waals surface area contributed by atoms with Crippen molar-refractivity contribution >= 4 is 35.0 Å². The van der Waals surface area contributed by atoms with Crippen molar-refractivity contribution in [2.75, 3.05) is 25.0 Å². The van der Waals surface area contributed by atoms with E-state index in [1.54, 1.807) is 12.4 Å². The van der Waals surface area contributed by atoms with E-state index < -0.39 is 0 Å². The smallest absolute Gasteiger partial charge is 0.229 e. The molecule has 5 nitrogen and oxygen atoms in total. The van der Waals surface area contributed by atoms with Crippen molar-refractivity contribution in [2.45, 2.75) is 12.8 Å². The normalized spacial score (nSPS) is 26.5. The third-order valence-electron chi connectivity index (χ3n) is 4.73. The number of nitrogens with zero attached hydrogens (tertiary/aromatic N) is 3. The second-order valence-corrected chi connectivity index (χ2v) is 5.99. The molecule has 0 aliphatic carbocycles. The molecule has 1 aromatic heterocycles. The first-order chi connectivity index (χ1) is 10.3. The van der Waals surface area contributed by atoms with Crippen LogP contribution in [-0.2, 0) is 4.79 Å². The predicted octanol–water partition coefficient (Wildman–Crippen LogP) is 2.33. The number of fused-ring (bicyclic) bond motifs is 4. The Morgan fingerprint density at radius 3 is 2.55 bits per heavy atom. The molecule has 2 bridgehead atoms. The van der Waals surface area contributed by atoms with E-state index in [4.69, 9.17) is 0 Å². The number of benzene rings is 1. The molecule has 3 saturated heterocycles. The van der Waals surface area contributed by atoms with Crippen LogP contribution in [0.1, 0.15) is 12.8 Å². The Kier molecular flexibility index (Phi) is 4.27. The number of amides is 1. The SMILES string of the molecule is Cl.O=C(Nc1ccc2nccnc2c1)C1CN2CCC1CC2. The molecule has 1 aromatic carbocycles. The summed E-state index contributed by atoms with van der Waals surface area (Å²) in [6, 6.07) is 5.69. The van der Waals surface area contributed by atoms with E-state index in [1.807, 2.05) is 18.2 Å². The number of aromatic nitrogens is 2. The molecule has 0 radical (unpaired) electrons. The average molecular weight is 319 g/mol. The van der Waals surface area contributed by atoms with Crippen molar-refractivity contribution in [3.63, 3.8) is 0 Å². The van der Waals surface area contributed by atoms with Crippen LogP contribution in [0.5, 0.6) is 0 Å². The van der Waals surface area contributed by atoms with Crippen molar-refractivity contribution < 1.29 is 4.79 Å². The molecule has 1 amide bonds. The first kappa shape index (κ1) is 15.2. The Hall–Kier alpha value is -1.72. The highest BCUT2D eigenvalue weighted by Gasteiger charge is 2.38. The molecule has 3 aliphatic heterocycles. The van der Waals surface area contributed by atoms with Crippen LogP contribution in [-0.4, -0.2) is 40.4 Å². The number of rotatable bonds is 2. The maximum Gasteiger partial charge on any atom is 0.229 e. The van der Waals surface area contributed by atoms with E-state index in [1.165, 1.54) is 0 Å². The summed E-state index contributed by atoms with van der Waals surface area (Å²) in [7, 11) is 0. The number of piperidine rings is 3. The molecule has 3 fully saturated rings. The van der Waals surface area contributed by atoms with Crippen molar-refractivity contribution in [2.24, 2.45) is 11.8 Å². The van der Waals surface area contributed by atoms with Gasteiger partial charge in [0.2, 0.25) is 5.91 Å². The summed E-state index contributed by atoms with van der Waals surface area (Å²) >= 11 is 0. The van der Waals surface area contributed by atoms with Crippen LogP contribution < -0.4 is 5.32 Å². The summed E-state index contributed by atoms with van der Waals surface area (Å²) in [5.41, 5.74) is 2.46. The molecule has 0 spiro atoms. The van der Waals surface area contributed by atoms with Crippen LogP contribution >= 0.6 is 12.4 Å². The molecule has 3 aliphatic rings. The number of carbonyl (C=O) groups is 1. The fourth-order valence-corrected chi connectivity index (χ4v) is 3.54. The van der Waals surface area contributed by atoms with E-state index in [0.29, 0.717) is 5.92 Å². The Morgan fingerprint density at radius 2 is 1.86 bits per heavy atom. The Bertz CT molecular complexity index is 685. The highest BCUT2D eigenvalue weighted by Crippen LogP contribution is 2.33. The minimum Gasteiger partial charge on any atom is -0.326 e. The van der Waals surface area contributed by atoms with Gasteiger partial charge < -0.3 is 10.2 Å². The zero-order chi connectivity index (χ0) is 14.2. The highest BCUT2D eigenvalue weighted by molar-refractivity contribution is 5.94. The van der Waals surface area contributed by atoms with E-state index in [2.05, 4.69) is 20.2 Å². The van der Waals surface area contributed by atoms with Gasteiger partial charge in [-0.15, -0.1) is 12.4 Å². The summed E-state index contributed by atoms with van der Waals surface area (Å²) in [5, 5.41) is 3.06. The minimum atomic E-state index is 0. The van der Waals surface area contributed by atoms with Gasteiger partial charge in [-0.2, -0.15) is 0 Å². The molecular weight excluding hydrogens is 300 g/mol. The van der Waals surface area contributed by atoms with E-state index in [-0.39, 0.29) is 24.2 Å². The van der Waals surface area contributed by atoms with Gasteiger partial charge in [0, 0.05) is 24.6 Å². The van der Waals surface area contributed by atoms with Crippen molar-refractivity contribution in [3.8, 4) is 0 Å². The Labute approximate surface area is 135 Å². The van der Waals surface area contributed by atoms with Crippen LogP contribution in [0.3, 0.4) is 0 Å². The van der Waals surface area contributed by atoms with Gasteiger partial charge in [-0.05, 0) is 50.0 Å². The number of anilines is 1. The van der Waals surface area contributed by atoms with Crippen LogP contribution in [0.15, 0.2) is 30.6 Å². The lowest BCUT2D eigenvalue weighted by Gasteiger charge is -2.43. The zero-order valence-electron chi connectivity index (χ0n) is 12.2. The summed E-state index contributed by atoms with van der Waals surface area (Å²) in [6.07, 6.45) is 5.65. The summed E-state index contributed by atoms with van der Waals surface area (Å²) < 4.78 is 0. The van der Waals surface area contributed by atoms with Crippen molar-refractivity contribution in [1.29, 1.82) is 0 Å².